The molecule has 0 N–H and O–H groups in total. The Morgan fingerprint density at radius 2 is 1.51 bits per heavy atom. The highest BCUT2D eigenvalue weighted by molar-refractivity contribution is 8.00. The van der Waals surface area contributed by atoms with E-state index in [1.165, 1.54) is 21.6 Å². The number of carbonyl (C=O) groups is 4. The van der Waals surface area contributed by atoms with Gasteiger partial charge < -0.3 is 14.4 Å². The normalized spacial score (nSPS) is 19.2. The van der Waals surface area contributed by atoms with E-state index in [0.717, 1.165) is 47.4 Å². The SMILES string of the molecule is CCOC(=O)Cn1c2c(sc1=O)[C@@H](c1ccc(N(CC)CC)cc1)[C@@H]1C(=O)N(c3ccc(C(=O)OCC)cc3)C(=O)[C@@H]1S2. The van der Waals surface area contributed by atoms with Crippen LogP contribution in [0.3, 0.4) is 0 Å². The van der Waals surface area contributed by atoms with Gasteiger partial charge in [0.05, 0.1) is 35.4 Å². The Morgan fingerprint density at radius 3 is 2.12 bits per heavy atom. The molecule has 3 atom stereocenters. The Hall–Kier alpha value is -3.90. The van der Waals surface area contributed by atoms with Crippen LogP contribution in [0.1, 0.15) is 54.4 Å². The average Bonchev–Trinajstić information content (AvgIpc) is 3.44. The first-order valence-electron chi connectivity index (χ1n) is 14.3. The lowest BCUT2D eigenvalue weighted by Gasteiger charge is -2.31. The highest BCUT2D eigenvalue weighted by Crippen LogP contribution is 2.54. The van der Waals surface area contributed by atoms with Crippen molar-refractivity contribution in [3.05, 3.63) is 74.2 Å². The Bertz CT molecular complexity index is 1590. The molecule has 1 fully saturated rings. The lowest BCUT2D eigenvalue weighted by molar-refractivity contribution is -0.144. The van der Waals surface area contributed by atoms with Crippen LogP contribution >= 0.6 is 23.1 Å². The Balaban J connectivity index is 1.58. The number of amides is 2. The molecule has 2 amide bonds. The van der Waals surface area contributed by atoms with Crippen molar-refractivity contribution in [2.24, 2.45) is 5.92 Å². The fourth-order valence-corrected chi connectivity index (χ4v) is 8.42. The molecule has 226 valence electrons. The molecule has 5 rings (SSSR count). The lowest BCUT2D eigenvalue weighted by Crippen LogP contribution is -2.32. The number of nitrogens with zero attached hydrogens (tertiary/aromatic N) is 3. The van der Waals surface area contributed by atoms with Crippen LogP contribution in [-0.4, -0.2) is 59.9 Å². The number of hydrogen-bond donors (Lipinski definition) is 0. The van der Waals surface area contributed by atoms with Gasteiger partial charge in [0.15, 0.2) is 0 Å². The van der Waals surface area contributed by atoms with Crippen molar-refractivity contribution in [2.45, 2.75) is 50.4 Å². The average molecular weight is 624 g/mol. The van der Waals surface area contributed by atoms with Crippen LogP contribution in [0.15, 0.2) is 58.4 Å². The van der Waals surface area contributed by atoms with Gasteiger partial charge in [0.1, 0.15) is 11.8 Å². The number of thiazole rings is 1. The standard InChI is InChI=1S/C31H33N3O7S2/c1-5-32(6-2)20-13-9-18(10-14-20)23-24-25(42-29-26(23)43-31(39)33(29)17-22(35)40-7-3)28(37)34(27(24)36)21-15-11-19(12-16-21)30(38)41-8-4/h9-16,23-25H,5-8,17H2,1-4H3/t23-,24-,25+/m0/s1. The van der Waals surface area contributed by atoms with E-state index >= 15 is 0 Å². The van der Waals surface area contributed by atoms with Crippen molar-refractivity contribution >= 4 is 58.2 Å². The van der Waals surface area contributed by atoms with Crippen molar-refractivity contribution in [3.8, 4) is 0 Å². The first kappa shape index (κ1) is 30.6. The third-order valence-electron chi connectivity index (χ3n) is 7.66. The van der Waals surface area contributed by atoms with Gasteiger partial charge in [0.2, 0.25) is 11.8 Å². The number of ether oxygens (including phenoxy) is 2. The molecule has 0 unspecified atom stereocenters. The van der Waals surface area contributed by atoms with E-state index in [1.54, 1.807) is 26.0 Å². The second-order valence-electron chi connectivity index (χ2n) is 10.0. The molecule has 2 aromatic carbocycles. The zero-order chi connectivity index (χ0) is 30.8. The minimum Gasteiger partial charge on any atom is -0.465 e. The number of imide groups is 1. The van der Waals surface area contributed by atoms with Crippen LogP contribution in [0, 0.1) is 5.92 Å². The smallest absolute Gasteiger partial charge is 0.338 e. The molecular formula is C31H33N3O7S2. The van der Waals surface area contributed by atoms with Crippen LogP contribution in [0.4, 0.5) is 11.4 Å². The topological polar surface area (TPSA) is 115 Å². The van der Waals surface area contributed by atoms with E-state index in [1.807, 2.05) is 24.3 Å². The van der Waals surface area contributed by atoms with Gasteiger partial charge in [-0.2, -0.15) is 0 Å². The van der Waals surface area contributed by atoms with Crippen molar-refractivity contribution < 1.29 is 28.7 Å². The van der Waals surface area contributed by atoms with Crippen LogP contribution in [0.2, 0.25) is 0 Å². The van der Waals surface area contributed by atoms with Crippen molar-refractivity contribution in [1.29, 1.82) is 0 Å². The summed E-state index contributed by atoms with van der Waals surface area (Å²) < 4.78 is 11.5. The third kappa shape index (κ3) is 5.61. The number of esters is 2. The number of fused-ring (bicyclic) bond motifs is 2. The summed E-state index contributed by atoms with van der Waals surface area (Å²) >= 11 is 2.14. The largest absolute Gasteiger partial charge is 0.465 e. The fraction of sp³-hybridized carbons (Fsp3) is 0.387. The molecule has 1 aromatic heterocycles. The first-order valence-corrected chi connectivity index (χ1v) is 16.0. The van der Waals surface area contributed by atoms with E-state index in [4.69, 9.17) is 9.47 Å². The summed E-state index contributed by atoms with van der Waals surface area (Å²) in [6, 6.07) is 14.1. The Kier molecular flexibility index (Phi) is 9.07. The van der Waals surface area contributed by atoms with Gasteiger partial charge in [-0.25, -0.2) is 9.69 Å². The minimum atomic E-state index is -0.820. The lowest BCUT2D eigenvalue weighted by atomic mass is 9.83. The quantitative estimate of drug-likeness (QED) is 0.241. The van der Waals surface area contributed by atoms with Gasteiger partial charge in [-0.05, 0) is 69.7 Å². The van der Waals surface area contributed by atoms with Crippen LogP contribution in [0.25, 0.3) is 0 Å². The van der Waals surface area contributed by atoms with Gasteiger partial charge in [-0.3, -0.25) is 23.7 Å². The van der Waals surface area contributed by atoms with Crippen molar-refractivity contribution in [3.63, 3.8) is 0 Å². The molecule has 1 saturated heterocycles. The minimum absolute atomic E-state index is 0.177. The molecule has 0 bridgehead atoms. The Labute approximate surface area is 257 Å². The van der Waals surface area contributed by atoms with Crippen LogP contribution in [0.5, 0.6) is 0 Å². The number of thioether (sulfide) groups is 1. The maximum atomic E-state index is 14.1. The summed E-state index contributed by atoms with van der Waals surface area (Å²) in [4.78, 5) is 69.5. The predicted molar refractivity (Wildman–Crippen MR) is 165 cm³/mol. The van der Waals surface area contributed by atoms with Gasteiger partial charge in [-0.15, -0.1) is 0 Å². The monoisotopic (exact) mass is 623 g/mol. The summed E-state index contributed by atoms with van der Waals surface area (Å²) in [5.41, 5.74) is 2.49. The molecule has 43 heavy (non-hydrogen) atoms. The second-order valence-corrected chi connectivity index (χ2v) is 12.1. The number of hydrogen-bond acceptors (Lipinski definition) is 10. The van der Waals surface area contributed by atoms with E-state index < -0.39 is 34.9 Å². The number of aromatic nitrogens is 1. The van der Waals surface area contributed by atoms with Gasteiger partial charge in [-0.1, -0.05) is 35.2 Å². The zero-order valence-corrected chi connectivity index (χ0v) is 26.0. The number of carbonyl (C=O) groups excluding carboxylic acids is 4. The number of anilines is 2. The maximum Gasteiger partial charge on any atom is 0.338 e. The number of benzene rings is 2. The van der Waals surface area contributed by atoms with E-state index in [-0.39, 0.29) is 30.5 Å². The summed E-state index contributed by atoms with van der Waals surface area (Å²) in [6.45, 7) is 9.35. The molecule has 0 radical (unpaired) electrons. The molecule has 0 spiro atoms. The van der Waals surface area contributed by atoms with E-state index in [2.05, 4.69) is 18.7 Å². The summed E-state index contributed by atoms with van der Waals surface area (Å²) in [5, 5.41) is -0.317. The molecule has 2 aliphatic heterocycles. The molecule has 10 nitrogen and oxygen atoms in total. The molecular weight excluding hydrogens is 590 g/mol. The molecule has 12 heteroatoms. The molecule has 0 aliphatic carbocycles. The van der Waals surface area contributed by atoms with Gasteiger partial charge >= 0.3 is 16.8 Å². The number of rotatable bonds is 10. The first-order chi connectivity index (χ1) is 20.7. The third-order valence-corrected chi connectivity index (χ3v) is 10.3. The van der Waals surface area contributed by atoms with Gasteiger partial charge in [0.25, 0.3) is 0 Å². The highest BCUT2D eigenvalue weighted by atomic mass is 32.2. The molecule has 3 heterocycles. The van der Waals surface area contributed by atoms with E-state index in [0.29, 0.717) is 21.2 Å². The van der Waals surface area contributed by atoms with E-state index in [9.17, 15) is 24.0 Å². The van der Waals surface area contributed by atoms with Crippen LogP contribution in [-0.2, 0) is 30.4 Å². The fourth-order valence-electron chi connectivity index (χ4n) is 5.65. The Morgan fingerprint density at radius 1 is 0.860 bits per heavy atom. The van der Waals surface area contributed by atoms with Crippen molar-refractivity contribution in [1.82, 2.24) is 4.57 Å². The molecule has 2 aliphatic rings. The van der Waals surface area contributed by atoms with Crippen molar-refractivity contribution in [2.75, 3.05) is 36.1 Å². The molecule has 0 saturated carbocycles. The van der Waals surface area contributed by atoms with Gasteiger partial charge in [0, 0.05) is 29.6 Å². The predicted octanol–water partition coefficient (Wildman–Crippen LogP) is 4.29. The zero-order valence-electron chi connectivity index (χ0n) is 24.4. The maximum absolute atomic E-state index is 14.1. The van der Waals surface area contributed by atoms with Crippen LogP contribution < -0.4 is 14.7 Å². The summed E-state index contributed by atoms with van der Waals surface area (Å²) in [6.07, 6.45) is 0. The summed E-state index contributed by atoms with van der Waals surface area (Å²) in [5.74, 6) is -3.19. The highest BCUT2D eigenvalue weighted by Gasteiger charge is 2.56. The summed E-state index contributed by atoms with van der Waals surface area (Å²) in [7, 11) is 0. The second kappa shape index (κ2) is 12.8. The molecule has 3 aromatic rings.